The van der Waals surface area contributed by atoms with E-state index in [4.69, 9.17) is 4.74 Å². The van der Waals surface area contributed by atoms with Gasteiger partial charge in [0.2, 0.25) is 10.0 Å². The molecule has 0 spiro atoms. The minimum atomic E-state index is -3.57. The molecule has 2 aliphatic rings. The topological polar surface area (TPSA) is 63.7 Å². The van der Waals surface area contributed by atoms with Gasteiger partial charge in [0.1, 0.15) is 12.1 Å². The summed E-state index contributed by atoms with van der Waals surface area (Å²) in [5, 5.41) is 0. The third kappa shape index (κ3) is 1.56. The van der Waals surface area contributed by atoms with E-state index < -0.39 is 22.0 Å². The lowest BCUT2D eigenvalue weighted by molar-refractivity contribution is -0.148. The van der Waals surface area contributed by atoms with Crippen molar-refractivity contribution in [3.05, 3.63) is 30.3 Å². The molecule has 5 nitrogen and oxygen atoms in total. The Kier molecular flexibility index (Phi) is 2.24. The molecule has 1 aromatic rings. The zero-order valence-corrected chi connectivity index (χ0v) is 9.76. The number of benzene rings is 1. The van der Waals surface area contributed by atoms with Gasteiger partial charge >= 0.3 is 5.97 Å². The molecule has 2 bridgehead atoms. The monoisotopic (exact) mass is 253 g/mol. The zero-order valence-electron chi connectivity index (χ0n) is 8.94. The number of nitrogens with zero attached hydrogens (tertiary/aromatic N) is 1. The second kappa shape index (κ2) is 3.54. The fourth-order valence-electron chi connectivity index (χ4n) is 2.30. The first-order valence-corrected chi connectivity index (χ1v) is 6.80. The van der Waals surface area contributed by atoms with E-state index in [1.807, 2.05) is 0 Å². The Morgan fingerprint density at radius 2 is 1.94 bits per heavy atom. The van der Waals surface area contributed by atoms with Crippen LogP contribution < -0.4 is 0 Å². The molecular formula is C11H11NO4S. The summed E-state index contributed by atoms with van der Waals surface area (Å²) in [6.45, 7) is 0.271. The van der Waals surface area contributed by atoms with E-state index in [-0.39, 0.29) is 17.5 Å². The molecule has 2 saturated heterocycles. The van der Waals surface area contributed by atoms with Crippen LogP contribution in [0.4, 0.5) is 0 Å². The molecule has 0 aliphatic carbocycles. The van der Waals surface area contributed by atoms with Crippen molar-refractivity contribution in [1.82, 2.24) is 4.31 Å². The van der Waals surface area contributed by atoms with Crippen LogP contribution in [0.5, 0.6) is 0 Å². The molecule has 6 heteroatoms. The predicted octanol–water partition coefficient (Wildman–Crippen LogP) is 0.375. The maximum absolute atomic E-state index is 12.3. The largest absolute Gasteiger partial charge is 0.460 e. The van der Waals surface area contributed by atoms with Crippen molar-refractivity contribution in [2.75, 3.05) is 6.54 Å². The van der Waals surface area contributed by atoms with Crippen molar-refractivity contribution >= 4 is 16.0 Å². The van der Waals surface area contributed by atoms with Crippen LogP contribution in [0.15, 0.2) is 35.2 Å². The minimum absolute atomic E-state index is 0.223. The van der Waals surface area contributed by atoms with Crippen LogP contribution in [0.25, 0.3) is 0 Å². The molecule has 0 saturated carbocycles. The van der Waals surface area contributed by atoms with Crippen LogP contribution in [-0.4, -0.2) is 37.4 Å². The predicted molar refractivity (Wildman–Crippen MR) is 58.6 cm³/mol. The van der Waals surface area contributed by atoms with Gasteiger partial charge in [-0.2, -0.15) is 4.31 Å². The summed E-state index contributed by atoms with van der Waals surface area (Å²) in [7, 11) is -3.57. The second-order valence-electron chi connectivity index (χ2n) is 4.20. The quantitative estimate of drug-likeness (QED) is 0.715. The normalized spacial score (nSPS) is 28.4. The van der Waals surface area contributed by atoms with E-state index in [2.05, 4.69) is 0 Å². The Balaban J connectivity index is 1.98. The van der Waals surface area contributed by atoms with Crippen molar-refractivity contribution in [1.29, 1.82) is 0 Å². The summed E-state index contributed by atoms with van der Waals surface area (Å²) < 4.78 is 30.8. The molecule has 2 fully saturated rings. The molecule has 0 N–H and O–H groups in total. The third-order valence-electron chi connectivity index (χ3n) is 3.12. The smallest absolute Gasteiger partial charge is 0.324 e. The van der Waals surface area contributed by atoms with Crippen molar-refractivity contribution in [2.24, 2.45) is 0 Å². The number of fused-ring (bicyclic) bond motifs is 2. The number of carbonyl (C=O) groups excluding carboxylic acids is 1. The van der Waals surface area contributed by atoms with Crippen LogP contribution in [0.2, 0.25) is 0 Å². The van der Waals surface area contributed by atoms with E-state index in [1.165, 1.54) is 16.4 Å². The number of rotatable bonds is 2. The lowest BCUT2D eigenvalue weighted by Gasteiger charge is -2.24. The molecule has 2 aliphatic heterocycles. The molecule has 3 rings (SSSR count). The summed E-state index contributed by atoms with van der Waals surface area (Å²) in [6, 6.07) is 7.52. The summed E-state index contributed by atoms with van der Waals surface area (Å²) >= 11 is 0. The van der Waals surface area contributed by atoms with E-state index in [9.17, 15) is 13.2 Å². The first-order valence-electron chi connectivity index (χ1n) is 5.36. The van der Waals surface area contributed by atoms with Crippen LogP contribution in [-0.2, 0) is 19.6 Å². The Labute approximate surface area is 99.0 Å². The van der Waals surface area contributed by atoms with Gasteiger partial charge in [-0.1, -0.05) is 18.2 Å². The lowest BCUT2D eigenvalue weighted by atomic mass is 10.2. The molecule has 90 valence electrons. The van der Waals surface area contributed by atoms with Crippen LogP contribution >= 0.6 is 0 Å². The van der Waals surface area contributed by atoms with Gasteiger partial charge in [-0.3, -0.25) is 4.79 Å². The lowest BCUT2D eigenvalue weighted by Crippen LogP contribution is -2.44. The highest BCUT2D eigenvalue weighted by Gasteiger charge is 2.51. The molecular weight excluding hydrogens is 242 g/mol. The fraction of sp³-hybridized carbons (Fsp3) is 0.364. The number of hydrogen-bond acceptors (Lipinski definition) is 4. The molecule has 2 atom stereocenters. The second-order valence-corrected chi connectivity index (χ2v) is 6.09. The average molecular weight is 253 g/mol. The number of carbonyl (C=O) groups is 1. The van der Waals surface area contributed by atoms with Crippen molar-refractivity contribution in [3.63, 3.8) is 0 Å². The van der Waals surface area contributed by atoms with Gasteiger partial charge in [-0.05, 0) is 12.1 Å². The number of ether oxygens (including phenoxy) is 1. The van der Waals surface area contributed by atoms with E-state index in [0.717, 1.165) is 0 Å². The molecule has 1 aromatic carbocycles. The molecule has 0 amide bonds. The average Bonchev–Trinajstić information content (AvgIpc) is 2.89. The SMILES string of the molecule is O=C1OC2CC1N(S(=O)(=O)c1ccccc1)C2. The summed E-state index contributed by atoms with van der Waals surface area (Å²) in [5.41, 5.74) is 0. The zero-order chi connectivity index (χ0) is 12.0. The van der Waals surface area contributed by atoms with E-state index in [1.54, 1.807) is 18.2 Å². The molecule has 2 unspecified atom stereocenters. The highest BCUT2D eigenvalue weighted by molar-refractivity contribution is 7.89. The molecule has 17 heavy (non-hydrogen) atoms. The first-order chi connectivity index (χ1) is 8.09. The van der Waals surface area contributed by atoms with Crippen molar-refractivity contribution in [2.45, 2.75) is 23.5 Å². The maximum Gasteiger partial charge on any atom is 0.324 e. The Morgan fingerprint density at radius 3 is 2.53 bits per heavy atom. The number of morpholine rings is 1. The first kappa shape index (κ1) is 10.7. The number of esters is 1. The van der Waals surface area contributed by atoms with Crippen molar-refractivity contribution < 1.29 is 17.9 Å². The summed E-state index contributed by atoms with van der Waals surface area (Å²) in [5.74, 6) is -0.430. The standard InChI is InChI=1S/C11H11NO4S/c13-11-10-6-8(16-11)7-12(10)17(14,15)9-4-2-1-3-5-9/h1-5,8,10H,6-7H2. The molecule has 0 radical (unpaired) electrons. The van der Waals surface area contributed by atoms with Gasteiger partial charge in [0.25, 0.3) is 0 Å². The maximum atomic E-state index is 12.3. The highest BCUT2D eigenvalue weighted by Crippen LogP contribution is 2.33. The Morgan fingerprint density at radius 1 is 1.24 bits per heavy atom. The number of hydrogen-bond donors (Lipinski definition) is 0. The van der Waals surface area contributed by atoms with E-state index in [0.29, 0.717) is 6.42 Å². The summed E-state index contributed by atoms with van der Waals surface area (Å²) in [4.78, 5) is 11.6. The Hall–Kier alpha value is -1.40. The summed E-state index contributed by atoms with van der Waals surface area (Å²) in [6.07, 6.45) is 0.205. The van der Waals surface area contributed by atoms with E-state index >= 15 is 0 Å². The Bertz CT molecular complexity index is 554. The highest BCUT2D eigenvalue weighted by atomic mass is 32.2. The molecule has 0 aromatic heterocycles. The van der Waals surface area contributed by atoms with Crippen LogP contribution in [0.1, 0.15) is 6.42 Å². The van der Waals surface area contributed by atoms with Gasteiger partial charge in [-0.15, -0.1) is 0 Å². The van der Waals surface area contributed by atoms with Gasteiger partial charge in [0, 0.05) is 6.42 Å². The van der Waals surface area contributed by atoms with Gasteiger partial charge in [0.05, 0.1) is 11.4 Å². The van der Waals surface area contributed by atoms with Gasteiger partial charge in [0.15, 0.2) is 0 Å². The number of sulfonamides is 1. The fourth-order valence-corrected chi connectivity index (χ4v) is 3.95. The third-order valence-corrected chi connectivity index (χ3v) is 5.01. The van der Waals surface area contributed by atoms with Crippen LogP contribution in [0, 0.1) is 0 Å². The van der Waals surface area contributed by atoms with Crippen molar-refractivity contribution in [3.8, 4) is 0 Å². The minimum Gasteiger partial charge on any atom is -0.460 e. The molecule has 2 heterocycles. The van der Waals surface area contributed by atoms with Crippen LogP contribution in [0.3, 0.4) is 0 Å². The van der Waals surface area contributed by atoms with Gasteiger partial charge < -0.3 is 4.74 Å². The van der Waals surface area contributed by atoms with Gasteiger partial charge in [-0.25, -0.2) is 8.42 Å².